The van der Waals surface area contributed by atoms with Crippen molar-refractivity contribution in [1.29, 1.82) is 0 Å². The SMILES string of the molecule is Cc1cc(F)ccc1C(C)(N)c1ccc(Br)cc1. The van der Waals surface area contributed by atoms with Gasteiger partial charge in [0.25, 0.3) is 0 Å². The second-order valence-corrected chi connectivity index (χ2v) is 5.58. The molecule has 94 valence electrons. The van der Waals surface area contributed by atoms with Crippen molar-refractivity contribution in [1.82, 2.24) is 0 Å². The molecule has 0 saturated heterocycles. The molecule has 0 bridgehead atoms. The lowest BCUT2D eigenvalue weighted by atomic mass is 9.83. The molecule has 0 aromatic heterocycles. The van der Waals surface area contributed by atoms with Crippen molar-refractivity contribution in [3.05, 3.63) is 69.4 Å². The van der Waals surface area contributed by atoms with Crippen LogP contribution in [-0.4, -0.2) is 0 Å². The first-order chi connectivity index (χ1) is 8.41. The van der Waals surface area contributed by atoms with Crippen molar-refractivity contribution in [3.8, 4) is 0 Å². The molecule has 1 unspecified atom stereocenters. The monoisotopic (exact) mass is 307 g/mol. The number of hydrogen-bond donors (Lipinski definition) is 1. The average Bonchev–Trinajstić information content (AvgIpc) is 2.29. The van der Waals surface area contributed by atoms with Gasteiger partial charge in [-0.05, 0) is 54.8 Å². The standard InChI is InChI=1S/C15H15BrFN/c1-10-9-13(17)7-8-14(10)15(2,18)11-3-5-12(16)6-4-11/h3-9H,18H2,1-2H3. The summed E-state index contributed by atoms with van der Waals surface area (Å²) in [6.45, 7) is 3.82. The molecule has 2 aromatic carbocycles. The summed E-state index contributed by atoms with van der Waals surface area (Å²) < 4.78 is 14.2. The highest BCUT2D eigenvalue weighted by atomic mass is 79.9. The number of nitrogens with two attached hydrogens (primary N) is 1. The van der Waals surface area contributed by atoms with Crippen LogP contribution in [-0.2, 0) is 5.54 Å². The minimum absolute atomic E-state index is 0.233. The molecule has 0 aliphatic carbocycles. The Hall–Kier alpha value is -1.19. The Morgan fingerprint density at radius 3 is 2.28 bits per heavy atom. The molecule has 0 aliphatic heterocycles. The summed E-state index contributed by atoms with van der Waals surface area (Å²) in [6.07, 6.45) is 0. The molecule has 0 aliphatic rings. The molecular weight excluding hydrogens is 293 g/mol. The van der Waals surface area contributed by atoms with Crippen LogP contribution in [0, 0.1) is 12.7 Å². The molecule has 1 nitrogen and oxygen atoms in total. The molecule has 2 aromatic rings. The van der Waals surface area contributed by atoms with Gasteiger partial charge < -0.3 is 5.73 Å². The Labute approximate surface area is 115 Å². The van der Waals surface area contributed by atoms with E-state index in [1.165, 1.54) is 12.1 Å². The summed E-state index contributed by atoms with van der Waals surface area (Å²) in [5.41, 5.74) is 8.60. The van der Waals surface area contributed by atoms with Gasteiger partial charge in [0.2, 0.25) is 0 Å². The third-order valence-corrected chi connectivity index (χ3v) is 3.72. The van der Waals surface area contributed by atoms with Crippen molar-refractivity contribution in [3.63, 3.8) is 0 Å². The van der Waals surface area contributed by atoms with Crippen LogP contribution in [0.1, 0.15) is 23.6 Å². The molecule has 1 atom stereocenters. The Bertz CT molecular complexity index is 561. The highest BCUT2D eigenvalue weighted by molar-refractivity contribution is 9.10. The lowest BCUT2D eigenvalue weighted by Gasteiger charge is -2.27. The predicted octanol–water partition coefficient (Wildman–Crippen LogP) is 4.12. The van der Waals surface area contributed by atoms with E-state index in [1.54, 1.807) is 6.07 Å². The summed E-state index contributed by atoms with van der Waals surface area (Å²) in [5, 5.41) is 0. The topological polar surface area (TPSA) is 26.0 Å². The molecule has 18 heavy (non-hydrogen) atoms. The van der Waals surface area contributed by atoms with Crippen molar-refractivity contribution in [2.75, 3.05) is 0 Å². The van der Waals surface area contributed by atoms with E-state index in [4.69, 9.17) is 5.73 Å². The fourth-order valence-electron chi connectivity index (χ4n) is 2.16. The Morgan fingerprint density at radius 1 is 1.11 bits per heavy atom. The first-order valence-corrected chi connectivity index (χ1v) is 6.52. The lowest BCUT2D eigenvalue weighted by Crippen LogP contribution is -2.35. The zero-order valence-corrected chi connectivity index (χ0v) is 12.0. The van der Waals surface area contributed by atoms with Crippen LogP contribution in [0.25, 0.3) is 0 Å². The van der Waals surface area contributed by atoms with Crippen molar-refractivity contribution in [2.24, 2.45) is 5.73 Å². The van der Waals surface area contributed by atoms with Crippen LogP contribution in [0.2, 0.25) is 0 Å². The molecule has 0 saturated carbocycles. The quantitative estimate of drug-likeness (QED) is 0.887. The number of halogens is 2. The summed E-state index contributed by atoms with van der Waals surface area (Å²) in [4.78, 5) is 0. The van der Waals surface area contributed by atoms with Crippen LogP contribution >= 0.6 is 15.9 Å². The zero-order chi connectivity index (χ0) is 13.3. The molecule has 2 rings (SSSR count). The molecule has 0 fully saturated rings. The first kappa shape index (κ1) is 13.2. The van der Waals surface area contributed by atoms with Crippen LogP contribution in [0.5, 0.6) is 0 Å². The van der Waals surface area contributed by atoms with Gasteiger partial charge in [-0.15, -0.1) is 0 Å². The fourth-order valence-corrected chi connectivity index (χ4v) is 2.43. The maximum Gasteiger partial charge on any atom is 0.123 e. The minimum Gasteiger partial charge on any atom is -0.318 e. The Balaban J connectivity index is 2.50. The Kier molecular flexibility index (Phi) is 3.55. The summed E-state index contributed by atoms with van der Waals surface area (Å²) in [6, 6.07) is 12.6. The maximum atomic E-state index is 13.1. The number of hydrogen-bond acceptors (Lipinski definition) is 1. The van der Waals surface area contributed by atoms with E-state index in [1.807, 2.05) is 38.1 Å². The number of rotatable bonds is 2. The maximum absolute atomic E-state index is 13.1. The zero-order valence-electron chi connectivity index (χ0n) is 10.4. The van der Waals surface area contributed by atoms with Gasteiger partial charge >= 0.3 is 0 Å². The van der Waals surface area contributed by atoms with Crippen LogP contribution in [0.3, 0.4) is 0 Å². The molecule has 0 heterocycles. The molecular formula is C15H15BrFN. The second kappa shape index (κ2) is 4.82. The minimum atomic E-state index is -0.627. The third kappa shape index (κ3) is 2.47. The van der Waals surface area contributed by atoms with Crippen molar-refractivity contribution in [2.45, 2.75) is 19.4 Å². The Morgan fingerprint density at radius 2 is 1.72 bits per heavy atom. The highest BCUT2D eigenvalue weighted by Gasteiger charge is 2.25. The third-order valence-electron chi connectivity index (χ3n) is 3.19. The van der Waals surface area contributed by atoms with Gasteiger partial charge in [0.15, 0.2) is 0 Å². The van der Waals surface area contributed by atoms with Crippen LogP contribution in [0.4, 0.5) is 4.39 Å². The molecule has 0 radical (unpaired) electrons. The van der Waals surface area contributed by atoms with E-state index in [9.17, 15) is 4.39 Å². The normalized spacial score (nSPS) is 14.3. The van der Waals surface area contributed by atoms with Gasteiger partial charge in [-0.1, -0.05) is 34.1 Å². The van der Waals surface area contributed by atoms with Gasteiger partial charge in [0.05, 0.1) is 5.54 Å². The van der Waals surface area contributed by atoms with E-state index < -0.39 is 5.54 Å². The van der Waals surface area contributed by atoms with Gasteiger partial charge in [0.1, 0.15) is 5.82 Å². The molecule has 0 amide bonds. The van der Waals surface area contributed by atoms with E-state index in [2.05, 4.69) is 15.9 Å². The fraction of sp³-hybridized carbons (Fsp3) is 0.200. The van der Waals surface area contributed by atoms with Crippen LogP contribution in [0.15, 0.2) is 46.9 Å². The van der Waals surface area contributed by atoms with E-state index in [-0.39, 0.29) is 5.82 Å². The van der Waals surface area contributed by atoms with Gasteiger partial charge in [0, 0.05) is 4.47 Å². The first-order valence-electron chi connectivity index (χ1n) is 5.73. The summed E-state index contributed by atoms with van der Waals surface area (Å²) in [5.74, 6) is -0.233. The highest BCUT2D eigenvalue weighted by Crippen LogP contribution is 2.30. The van der Waals surface area contributed by atoms with Crippen molar-refractivity contribution < 1.29 is 4.39 Å². The number of benzene rings is 2. The van der Waals surface area contributed by atoms with E-state index >= 15 is 0 Å². The largest absolute Gasteiger partial charge is 0.318 e. The number of aryl methyl sites for hydroxylation is 1. The predicted molar refractivity (Wildman–Crippen MR) is 75.9 cm³/mol. The average molecular weight is 308 g/mol. The smallest absolute Gasteiger partial charge is 0.123 e. The van der Waals surface area contributed by atoms with Gasteiger partial charge in [-0.25, -0.2) is 4.39 Å². The molecule has 3 heteroatoms. The van der Waals surface area contributed by atoms with E-state index in [0.29, 0.717) is 0 Å². The molecule has 2 N–H and O–H groups in total. The lowest BCUT2D eigenvalue weighted by molar-refractivity contribution is 0.588. The second-order valence-electron chi connectivity index (χ2n) is 4.67. The summed E-state index contributed by atoms with van der Waals surface area (Å²) in [7, 11) is 0. The summed E-state index contributed by atoms with van der Waals surface area (Å²) >= 11 is 3.40. The van der Waals surface area contributed by atoms with E-state index in [0.717, 1.165) is 21.2 Å². The van der Waals surface area contributed by atoms with Gasteiger partial charge in [-0.3, -0.25) is 0 Å². The van der Waals surface area contributed by atoms with Crippen molar-refractivity contribution >= 4 is 15.9 Å². The van der Waals surface area contributed by atoms with Gasteiger partial charge in [-0.2, -0.15) is 0 Å². The van der Waals surface area contributed by atoms with Crippen LogP contribution < -0.4 is 5.73 Å². The molecule has 0 spiro atoms.